The van der Waals surface area contributed by atoms with Gasteiger partial charge in [0, 0.05) is 9.99 Å². The molecule has 0 radical (unpaired) electrons. The summed E-state index contributed by atoms with van der Waals surface area (Å²) in [7, 11) is 0. The van der Waals surface area contributed by atoms with E-state index in [-0.39, 0.29) is 11.7 Å². The minimum atomic E-state index is -0.302. The second kappa shape index (κ2) is 5.85. The van der Waals surface area contributed by atoms with E-state index in [1.165, 1.54) is 12.1 Å². The molecule has 0 saturated heterocycles. The number of anilines is 1. The lowest BCUT2D eigenvalue weighted by Crippen LogP contribution is -2.11. The van der Waals surface area contributed by atoms with Crippen LogP contribution in [0.3, 0.4) is 0 Å². The molecule has 1 aromatic carbocycles. The van der Waals surface area contributed by atoms with Crippen LogP contribution in [0.25, 0.3) is 0 Å². The summed E-state index contributed by atoms with van der Waals surface area (Å²) in [6.07, 6.45) is 2.73. The highest BCUT2D eigenvalue weighted by Gasteiger charge is 2.05. The van der Waals surface area contributed by atoms with Crippen molar-refractivity contribution in [2.45, 2.75) is 12.8 Å². The average molecular weight is 319 g/mol. The maximum absolute atomic E-state index is 12.8. The first kappa shape index (κ1) is 12.2. The Morgan fingerprint density at radius 3 is 2.93 bits per heavy atom. The third-order valence-electron chi connectivity index (χ3n) is 1.78. The fourth-order valence-corrected chi connectivity index (χ4v) is 1.65. The van der Waals surface area contributed by atoms with Gasteiger partial charge in [0.25, 0.3) is 0 Å². The first-order valence-electron chi connectivity index (χ1n) is 4.49. The largest absolute Gasteiger partial charge is 0.325 e. The van der Waals surface area contributed by atoms with E-state index >= 15 is 0 Å². The Labute approximate surface area is 102 Å². The van der Waals surface area contributed by atoms with E-state index in [0.29, 0.717) is 22.1 Å². The van der Waals surface area contributed by atoms with E-state index < -0.39 is 0 Å². The number of halogens is 2. The van der Waals surface area contributed by atoms with Gasteiger partial charge in [-0.15, -0.1) is 6.58 Å². The zero-order valence-corrected chi connectivity index (χ0v) is 10.3. The monoisotopic (exact) mass is 319 g/mol. The van der Waals surface area contributed by atoms with E-state index in [1.54, 1.807) is 12.1 Å². The average Bonchev–Trinajstić information content (AvgIpc) is 2.19. The van der Waals surface area contributed by atoms with Crippen molar-refractivity contribution < 1.29 is 9.18 Å². The number of nitrogens with one attached hydrogen (secondary N) is 1. The van der Waals surface area contributed by atoms with Crippen molar-refractivity contribution in [3.63, 3.8) is 0 Å². The number of rotatable bonds is 4. The molecule has 80 valence electrons. The van der Waals surface area contributed by atoms with Gasteiger partial charge in [0.1, 0.15) is 5.82 Å². The molecule has 0 fully saturated rings. The van der Waals surface area contributed by atoms with Crippen molar-refractivity contribution in [2.24, 2.45) is 0 Å². The molecule has 1 aromatic rings. The Kier molecular flexibility index (Phi) is 4.74. The Morgan fingerprint density at radius 1 is 1.60 bits per heavy atom. The van der Waals surface area contributed by atoms with Gasteiger partial charge in [0.05, 0.1) is 5.69 Å². The Hall–Kier alpha value is -0.910. The predicted molar refractivity (Wildman–Crippen MR) is 67.2 cm³/mol. The maximum Gasteiger partial charge on any atom is 0.224 e. The van der Waals surface area contributed by atoms with E-state index in [4.69, 9.17) is 0 Å². The number of hydrogen-bond acceptors (Lipinski definition) is 1. The van der Waals surface area contributed by atoms with Gasteiger partial charge in [-0.05, 0) is 47.2 Å². The van der Waals surface area contributed by atoms with Crippen LogP contribution in [0.1, 0.15) is 12.8 Å². The standard InChI is InChI=1S/C11H11FINO/c1-2-3-4-11(15)14-10-6-5-8(12)7-9(10)13/h2,5-7H,1,3-4H2,(H,14,15). The second-order valence-corrected chi connectivity index (χ2v) is 4.16. The quantitative estimate of drug-likeness (QED) is 0.669. The summed E-state index contributed by atoms with van der Waals surface area (Å²) in [6, 6.07) is 4.26. The van der Waals surface area contributed by atoms with Gasteiger partial charge in [0.15, 0.2) is 0 Å². The van der Waals surface area contributed by atoms with Gasteiger partial charge in [-0.2, -0.15) is 0 Å². The zero-order valence-electron chi connectivity index (χ0n) is 8.09. The molecule has 1 amide bonds. The molecule has 0 aliphatic rings. The van der Waals surface area contributed by atoms with E-state index in [2.05, 4.69) is 11.9 Å². The van der Waals surface area contributed by atoms with Crippen molar-refractivity contribution in [1.29, 1.82) is 0 Å². The number of hydrogen-bond donors (Lipinski definition) is 1. The van der Waals surface area contributed by atoms with Crippen LogP contribution in [0.5, 0.6) is 0 Å². The molecule has 0 unspecified atom stereocenters. The summed E-state index contributed by atoms with van der Waals surface area (Å²) < 4.78 is 13.5. The Morgan fingerprint density at radius 2 is 2.33 bits per heavy atom. The fourth-order valence-electron chi connectivity index (χ4n) is 1.04. The van der Waals surface area contributed by atoms with Crippen LogP contribution in [0.4, 0.5) is 10.1 Å². The van der Waals surface area contributed by atoms with Gasteiger partial charge in [-0.1, -0.05) is 6.08 Å². The van der Waals surface area contributed by atoms with E-state index in [1.807, 2.05) is 22.6 Å². The van der Waals surface area contributed by atoms with Crippen LogP contribution in [0, 0.1) is 9.39 Å². The summed E-state index contributed by atoms with van der Waals surface area (Å²) in [5, 5.41) is 2.71. The molecule has 0 saturated carbocycles. The highest BCUT2D eigenvalue weighted by Crippen LogP contribution is 2.19. The molecule has 0 atom stereocenters. The lowest BCUT2D eigenvalue weighted by molar-refractivity contribution is -0.116. The molecule has 0 aromatic heterocycles. The van der Waals surface area contributed by atoms with Crippen molar-refractivity contribution in [3.05, 3.63) is 40.2 Å². The molecular weight excluding hydrogens is 308 g/mol. The van der Waals surface area contributed by atoms with Crippen LogP contribution < -0.4 is 5.32 Å². The Balaban J connectivity index is 2.64. The highest BCUT2D eigenvalue weighted by atomic mass is 127. The molecule has 0 aliphatic heterocycles. The predicted octanol–water partition coefficient (Wildman–Crippen LogP) is 3.34. The molecule has 0 spiro atoms. The highest BCUT2D eigenvalue weighted by molar-refractivity contribution is 14.1. The Bertz CT molecular complexity index is 379. The van der Waals surface area contributed by atoms with Gasteiger partial charge in [-0.3, -0.25) is 4.79 Å². The van der Waals surface area contributed by atoms with Crippen LogP contribution in [-0.4, -0.2) is 5.91 Å². The topological polar surface area (TPSA) is 29.1 Å². The smallest absolute Gasteiger partial charge is 0.224 e. The number of benzene rings is 1. The lowest BCUT2D eigenvalue weighted by Gasteiger charge is -2.06. The first-order chi connectivity index (χ1) is 7.13. The normalized spacial score (nSPS) is 9.73. The van der Waals surface area contributed by atoms with Gasteiger partial charge in [0.2, 0.25) is 5.91 Å². The minimum absolute atomic E-state index is 0.0839. The molecular formula is C11H11FINO. The molecule has 1 rings (SSSR count). The van der Waals surface area contributed by atoms with Crippen molar-refractivity contribution >= 4 is 34.2 Å². The first-order valence-corrected chi connectivity index (χ1v) is 5.57. The third-order valence-corrected chi connectivity index (χ3v) is 2.67. The number of carbonyl (C=O) groups is 1. The second-order valence-electron chi connectivity index (χ2n) is 3.00. The SMILES string of the molecule is C=CCCC(=O)Nc1ccc(F)cc1I. The lowest BCUT2D eigenvalue weighted by atomic mass is 10.2. The van der Waals surface area contributed by atoms with Crippen molar-refractivity contribution in [2.75, 3.05) is 5.32 Å². The van der Waals surface area contributed by atoms with Crippen molar-refractivity contribution in [3.8, 4) is 0 Å². The summed E-state index contributed by atoms with van der Waals surface area (Å²) in [6.45, 7) is 3.54. The number of amides is 1. The summed E-state index contributed by atoms with van der Waals surface area (Å²) in [5.41, 5.74) is 0.645. The maximum atomic E-state index is 12.8. The van der Waals surface area contributed by atoms with E-state index in [9.17, 15) is 9.18 Å². The number of allylic oxidation sites excluding steroid dienone is 1. The molecule has 15 heavy (non-hydrogen) atoms. The minimum Gasteiger partial charge on any atom is -0.325 e. The zero-order chi connectivity index (χ0) is 11.3. The summed E-state index contributed by atoms with van der Waals surface area (Å²) in [5.74, 6) is -0.386. The summed E-state index contributed by atoms with van der Waals surface area (Å²) in [4.78, 5) is 11.4. The summed E-state index contributed by atoms with van der Waals surface area (Å²) >= 11 is 1.98. The molecule has 0 bridgehead atoms. The molecule has 2 nitrogen and oxygen atoms in total. The van der Waals surface area contributed by atoms with Crippen molar-refractivity contribution in [1.82, 2.24) is 0 Å². The van der Waals surface area contributed by atoms with Crippen LogP contribution in [0.15, 0.2) is 30.9 Å². The number of carbonyl (C=O) groups excluding carboxylic acids is 1. The van der Waals surface area contributed by atoms with E-state index in [0.717, 1.165) is 0 Å². The van der Waals surface area contributed by atoms with Gasteiger partial charge in [-0.25, -0.2) is 4.39 Å². The molecule has 4 heteroatoms. The van der Waals surface area contributed by atoms with Gasteiger partial charge >= 0.3 is 0 Å². The molecule has 0 heterocycles. The molecule has 0 aliphatic carbocycles. The third kappa shape index (κ3) is 3.99. The van der Waals surface area contributed by atoms with Crippen LogP contribution >= 0.6 is 22.6 Å². The van der Waals surface area contributed by atoms with Crippen LogP contribution in [0.2, 0.25) is 0 Å². The van der Waals surface area contributed by atoms with Crippen LogP contribution in [-0.2, 0) is 4.79 Å². The fraction of sp³-hybridized carbons (Fsp3) is 0.182. The molecule has 1 N–H and O–H groups in total. The van der Waals surface area contributed by atoms with Gasteiger partial charge < -0.3 is 5.32 Å².